The lowest BCUT2D eigenvalue weighted by atomic mass is 10.1. The molecule has 6 heteroatoms. The van der Waals surface area contributed by atoms with E-state index in [9.17, 15) is 0 Å². The van der Waals surface area contributed by atoms with Crippen LogP contribution in [0.5, 0.6) is 0 Å². The second kappa shape index (κ2) is 7.15. The van der Waals surface area contributed by atoms with Gasteiger partial charge < -0.3 is 14.4 Å². The Morgan fingerprint density at radius 3 is 2.73 bits per heavy atom. The molecular weight excluding hydrogens is 324 g/mol. The predicted molar refractivity (Wildman–Crippen MR) is 103 cm³/mol. The number of aromatic nitrogens is 4. The third-order valence-electron chi connectivity index (χ3n) is 4.85. The molecule has 0 fully saturated rings. The Bertz CT molecular complexity index is 871. The summed E-state index contributed by atoms with van der Waals surface area (Å²) in [5.41, 5.74) is 3.85. The molecule has 0 amide bonds. The highest BCUT2D eigenvalue weighted by Crippen LogP contribution is 2.22. The van der Waals surface area contributed by atoms with Crippen molar-refractivity contribution in [3.63, 3.8) is 0 Å². The highest BCUT2D eigenvalue weighted by molar-refractivity contribution is 5.43. The molecule has 0 unspecified atom stereocenters. The molecule has 26 heavy (non-hydrogen) atoms. The van der Waals surface area contributed by atoms with Crippen LogP contribution in [0.3, 0.4) is 0 Å². The lowest BCUT2D eigenvalue weighted by Gasteiger charge is -2.27. The van der Waals surface area contributed by atoms with Crippen molar-refractivity contribution >= 4 is 11.8 Å². The summed E-state index contributed by atoms with van der Waals surface area (Å²) in [6.45, 7) is 2.66. The minimum absolute atomic E-state index is 0.768. The van der Waals surface area contributed by atoms with Crippen molar-refractivity contribution in [2.24, 2.45) is 0 Å². The van der Waals surface area contributed by atoms with Gasteiger partial charge in [-0.15, -0.1) is 0 Å². The van der Waals surface area contributed by atoms with E-state index >= 15 is 0 Å². The van der Waals surface area contributed by atoms with Gasteiger partial charge in [-0.3, -0.25) is 0 Å². The van der Waals surface area contributed by atoms with E-state index in [1.54, 1.807) is 0 Å². The molecular formula is C20H24N6. The average molecular weight is 348 g/mol. The fourth-order valence-electron chi connectivity index (χ4n) is 3.37. The number of rotatable bonds is 5. The molecule has 3 heterocycles. The maximum absolute atomic E-state index is 4.66. The maximum atomic E-state index is 4.66. The van der Waals surface area contributed by atoms with Crippen LogP contribution in [0.25, 0.3) is 0 Å². The molecule has 0 N–H and O–H groups in total. The van der Waals surface area contributed by atoms with E-state index in [1.165, 1.54) is 11.3 Å². The Kier molecular flexibility index (Phi) is 4.56. The first-order chi connectivity index (χ1) is 12.7. The summed E-state index contributed by atoms with van der Waals surface area (Å²) in [6.07, 6.45) is 5.81. The van der Waals surface area contributed by atoms with Crippen LogP contribution in [0.4, 0.5) is 11.8 Å². The zero-order chi connectivity index (χ0) is 17.9. The van der Waals surface area contributed by atoms with Gasteiger partial charge >= 0.3 is 0 Å². The molecule has 0 saturated carbocycles. The second-order valence-electron chi connectivity index (χ2n) is 6.85. The molecule has 0 saturated heterocycles. The van der Waals surface area contributed by atoms with Crippen molar-refractivity contribution in [3.05, 3.63) is 65.9 Å². The van der Waals surface area contributed by atoms with E-state index in [-0.39, 0.29) is 0 Å². The van der Waals surface area contributed by atoms with E-state index in [4.69, 9.17) is 0 Å². The SMILES string of the molecule is CN(C)c1ccnc(N2CCc3c(ncn3CCc3ccccc3)C2)n1. The Labute approximate surface area is 154 Å². The van der Waals surface area contributed by atoms with Crippen molar-refractivity contribution < 1.29 is 0 Å². The molecule has 0 atom stereocenters. The van der Waals surface area contributed by atoms with E-state index in [1.807, 2.05) is 37.6 Å². The van der Waals surface area contributed by atoms with Gasteiger partial charge in [-0.05, 0) is 18.1 Å². The minimum Gasteiger partial charge on any atom is -0.363 e. The summed E-state index contributed by atoms with van der Waals surface area (Å²) < 4.78 is 2.30. The quantitative estimate of drug-likeness (QED) is 0.709. The van der Waals surface area contributed by atoms with Crippen molar-refractivity contribution in [2.45, 2.75) is 25.9 Å². The molecule has 0 bridgehead atoms. The molecule has 0 aliphatic carbocycles. The Balaban J connectivity index is 1.47. The van der Waals surface area contributed by atoms with Crippen LogP contribution in [0.1, 0.15) is 17.0 Å². The standard InChI is InChI=1S/C20H24N6/c1-24(2)19-8-11-21-20(23-19)25-13-10-18-17(14-25)22-15-26(18)12-9-16-6-4-3-5-7-16/h3-8,11,15H,9-10,12-14H2,1-2H3. The normalized spacial score (nSPS) is 13.5. The third kappa shape index (κ3) is 3.40. The lowest BCUT2D eigenvalue weighted by Crippen LogP contribution is -2.33. The van der Waals surface area contributed by atoms with Gasteiger partial charge in [0.05, 0.1) is 18.6 Å². The zero-order valence-corrected chi connectivity index (χ0v) is 15.3. The van der Waals surface area contributed by atoms with E-state index in [0.29, 0.717) is 0 Å². The van der Waals surface area contributed by atoms with Crippen molar-refractivity contribution in [2.75, 3.05) is 30.4 Å². The summed E-state index contributed by atoms with van der Waals surface area (Å²) in [7, 11) is 3.99. The van der Waals surface area contributed by atoms with Gasteiger partial charge in [0.15, 0.2) is 0 Å². The first-order valence-corrected chi connectivity index (χ1v) is 9.03. The summed E-state index contributed by atoms with van der Waals surface area (Å²) in [6, 6.07) is 12.5. The van der Waals surface area contributed by atoms with Crippen molar-refractivity contribution in [1.29, 1.82) is 0 Å². The van der Waals surface area contributed by atoms with E-state index in [0.717, 1.165) is 49.9 Å². The number of hydrogen-bond acceptors (Lipinski definition) is 5. The molecule has 4 rings (SSSR count). The molecule has 1 aliphatic rings. The fraction of sp³-hybridized carbons (Fsp3) is 0.350. The summed E-state index contributed by atoms with van der Waals surface area (Å²) in [5, 5.41) is 0. The summed E-state index contributed by atoms with van der Waals surface area (Å²) in [4.78, 5) is 18.0. The number of imidazole rings is 1. The van der Waals surface area contributed by atoms with Crippen LogP contribution in [0.2, 0.25) is 0 Å². The minimum atomic E-state index is 0.768. The molecule has 134 valence electrons. The average Bonchev–Trinajstić information content (AvgIpc) is 3.09. The van der Waals surface area contributed by atoms with Crippen LogP contribution >= 0.6 is 0 Å². The molecule has 0 spiro atoms. The molecule has 2 aromatic heterocycles. The third-order valence-corrected chi connectivity index (χ3v) is 4.85. The number of nitrogens with zero attached hydrogens (tertiary/aromatic N) is 6. The van der Waals surface area contributed by atoms with Gasteiger partial charge in [0.1, 0.15) is 5.82 Å². The van der Waals surface area contributed by atoms with Gasteiger partial charge in [0, 0.05) is 45.5 Å². The maximum Gasteiger partial charge on any atom is 0.227 e. The van der Waals surface area contributed by atoms with Crippen LogP contribution in [0, 0.1) is 0 Å². The smallest absolute Gasteiger partial charge is 0.227 e. The number of anilines is 2. The molecule has 0 radical (unpaired) electrons. The first-order valence-electron chi connectivity index (χ1n) is 9.03. The number of benzene rings is 1. The first kappa shape index (κ1) is 16.6. The molecule has 6 nitrogen and oxygen atoms in total. The van der Waals surface area contributed by atoms with E-state index < -0.39 is 0 Å². The topological polar surface area (TPSA) is 50.1 Å². The molecule has 1 aromatic carbocycles. The largest absolute Gasteiger partial charge is 0.363 e. The Morgan fingerprint density at radius 2 is 1.92 bits per heavy atom. The van der Waals surface area contributed by atoms with Gasteiger partial charge in [-0.25, -0.2) is 9.97 Å². The highest BCUT2D eigenvalue weighted by Gasteiger charge is 2.22. The fourth-order valence-corrected chi connectivity index (χ4v) is 3.37. The van der Waals surface area contributed by atoms with Gasteiger partial charge in [0.2, 0.25) is 5.95 Å². The molecule has 1 aliphatic heterocycles. The van der Waals surface area contributed by atoms with Crippen molar-refractivity contribution in [3.8, 4) is 0 Å². The number of fused-ring (bicyclic) bond motifs is 1. The van der Waals surface area contributed by atoms with Crippen LogP contribution < -0.4 is 9.80 Å². The van der Waals surface area contributed by atoms with Gasteiger partial charge in [-0.2, -0.15) is 4.98 Å². The summed E-state index contributed by atoms with van der Waals surface area (Å²) >= 11 is 0. The monoisotopic (exact) mass is 348 g/mol. The second-order valence-corrected chi connectivity index (χ2v) is 6.85. The van der Waals surface area contributed by atoms with Crippen molar-refractivity contribution in [1.82, 2.24) is 19.5 Å². The number of aryl methyl sites for hydroxylation is 2. The van der Waals surface area contributed by atoms with Crippen LogP contribution in [-0.2, 0) is 25.9 Å². The number of hydrogen-bond donors (Lipinski definition) is 0. The van der Waals surface area contributed by atoms with E-state index in [2.05, 4.69) is 54.8 Å². The predicted octanol–water partition coefficient (Wildman–Crippen LogP) is 2.54. The zero-order valence-electron chi connectivity index (χ0n) is 15.3. The molecule has 3 aromatic rings. The van der Waals surface area contributed by atoms with Gasteiger partial charge in [0.25, 0.3) is 0 Å². The highest BCUT2D eigenvalue weighted by atomic mass is 15.3. The van der Waals surface area contributed by atoms with Crippen LogP contribution in [0.15, 0.2) is 48.9 Å². The van der Waals surface area contributed by atoms with Crippen LogP contribution in [-0.4, -0.2) is 40.2 Å². The van der Waals surface area contributed by atoms with Gasteiger partial charge in [-0.1, -0.05) is 30.3 Å². The Morgan fingerprint density at radius 1 is 1.08 bits per heavy atom. The summed E-state index contributed by atoms with van der Waals surface area (Å²) in [5.74, 6) is 1.70. The lowest BCUT2D eigenvalue weighted by molar-refractivity contribution is 0.619. The Hall–Kier alpha value is -2.89.